The summed E-state index contributed by atoms with van der Waals surface area (Å²) in [6, 6.07) is 58.5. The van der Waals surface area contributed by atoms with Crippen molar-refractivity contribution < 1.29 is 9.47 Å². The molecule has 2 heterocycles. The minimum absolute atomic E-state index is 0.636. The first kappa shape index (κ1) is 28.3. The van der Waals surface area contributed by atoms with E-state index in [4.69, 9.17) is 19.4 Å². The van der Waals surface area contributed by atoms with E-state index < -0.39 is 0 Å². The topological polar surface area (TPSA) is 44.2 Å². The first-order valence-electron chi connectivity index (χ1n) is 16.7. The summed E-state index contributed by atoms with van der Waals surface area (Å²) in [7, 11) is 0. The van der Waals surface area contributed by atoms with Gasteiger partial charge in [0.2, 0.25) is 0 Å². The van der Waals surface area contributed by atoms with Crippen LogP contribution in [0.4, 0.5) is 0 Å². The molecule has 234 valence electrons. The van der Waals surface area contributed by atoms with Gasteiger partial charge in [0.1, 0.15) is 0 Å². The number of aromatic nitrogens is 2. The number of hydrogen-bond donors (Lipinski definition) is 0. The zero-order chi connectivity index (χ0) is 33.0. The number of fused-ring (bicyclic) bond motifs is 8. The minimum Gasteiger partial charge on any atom is -0.449 e. The van der Waals surface area contributed by atoms with E-state index in [-0.39, 0.29) is 0 Å². The van der Waals surface area contributed by atoms with Crippen LogP contribution in [0.2, 0.25) is 0 Å². The molecule has 0 radical (unpaired) electrons. The molecule has 8 aromatic carbocycles. The van der Waals surface area contributed by atoms with Gasteiger partial charge in [-0.2, -0.15) is 0 Å². The summed E-state index contributed by atoms with van der Waals surface area (Å²) >= 11 is 0. The number of hydrogen-bond acceptors (Lipinski definition) is 4. The highest BCUT2D eigenvalue weighted by Crippen LogP contribution is 2.49. The molecule has 0 amide bonds. The number of ether oxygens (including phenoxy) is 2. The monoisotopic (exact) mass is 640 g/mol. The van der Waals surface area contributed by atoms with Crippen LogP contribution in [0, 0.1) is 0 Å². The number of benzene rings is 8. The van der Waals surface area contributed by atoms with E-state index in [1.54, 1.807) is 0 Å². The molecule has 10 rings (SSSR count). The summed E-state index contributed by atoms with van der Waals surface area (Å²) in [6.07, 6.45) is 0. The maximum Gasteiger partial charge on any atom is 0.179 e. The van der Waals surface area contributed by atoms with Crippen molar-refractivity contribution in [2.24, 2.45) is 0 Å². The fourth-order valence-corrected chi connectivity index (χ4v) is 7.12. The lowest BCUT2D eigenvalue weighted by atomic mass is 9.93. The molecule has 0 saturated heterocycles. The lowest BCUT2D eigenvalue weighted by Crippen LogP contribution is -2.02. The third-order valence-electron chi connectivity index (χ3n) is 9.55. The standard InChI is InChI=1S/C46H28N2O2/c1-2-11-29(12-3-1)30-21-23-31(24-22-30)40-28-41(38-17-10-20-44-45(38)50-43-19-9-8-18-42(43)49-44)48-46(47-40)32-25-26-37-35-15-5-4-13-33(35)34-14-6-7-16-36(34)39(37)27-32/h1-28H. The number of para-hydroxylation sites is 3. The number of rotatable bonds is 4. The van der Waals surface area contributed by atoms with Crippen LogP contribution in [0.25, 0.3) is 77.3 Å². The van der Waals surface area contributed by atoms with E-state index in [0.29, 0.717) is 28.8 Å². The summed E-state index contributed by atoms with van der Waals surface area (Å²) in [4.78, 5) is 10.4. The minimum atomic E-state index is 0.636. The first-order chi connectivity index (χ1) is 24.8. The molecular formula is C46H28N2O2. The van der Waals surface area contributed by atoms with Crippen LogP contribution < -0.4 is 9.47 Å². The molecule has 0 atom stereocenters. The van der Waals surface area contributed by atoms with Gasteiger partial charge in [0.05, 0.1) is 11.4 Å². The van der Waals surface area contributed by atoms with Crippen LogP contribution in [0.3, 0.4) is 0 Å². The van der Waals surface area contributed by atoms with Gasteiger partial charge in [0.25, 0.3) is 0 Å². The summed E-state index contributed by atoms with van der Waals surface area (Å²) in [6.45, 7) is 0. The fraction of sp³-hybridized carbons (Fsp3) is 0. The second-order valence-corrected chi connectivity index (χ2v) is 12.5. The molecule has 9 aromatic rings. The Bertz CT molecular complexity index is 2720. The zero-order valence-corrected chi connectivity index (χ0v) is 26.9. The highest BCUT2D eigenvalue weighted by Gasteiger charge is 2.24. The Labute approximate surface area is 288 Å². The predicted molar refractivity (Wildman–Crippen MR) is 203 cm³/mol. The second kappa shape index (κ2) is 11.4. The smallest absolute Gasteiger partial charge is 0.179 e. The first-order valence-corrected chi connectivity index (χ1v) is 16.7. The average molecular weight is 641 g/mol. The molecule has 50 heavy (non-hydrogen) atoms. The summed E-state index contributed by atoms with van der Waals surface area (Å²) in [5.41, 5.74) is 6.67. The van der Waals surface area contributed by atoms with E-state index in [0.717, 1.165) is 33.6 Å². The van der Waals surface area contributed by atoms with E-state index in [1.807, 2.05) is 54.6 Å². The van der Waals surface area contributed by atoms with Gasteiger partial charge in [-0.25, -0.2) is 9.97 Å². The Hall–Kier alpha value is -6.78. The maximum atomic E-state index is 6.48. The maximum absolute atomic E-state index is 6.48. The van der Waals surface area contributed by atoms with Crippen LogP contribution in [0.5, 0.6) is 23.0 Å². The van der Waals surface area contributed by atoms with Crippen molar-refractivity contribution in [1.29, 1.82) is 0 Å². The predicted octanol–water partition coefficient (Wildman–Crippen LogP) is 12.5. The van der Waals surface area contributed by atoms with E-state index >= 15 is 0 Å². The van der Waals surface area contributed by atoms with Gasteiger partial charge in [-0.3, -0.25) is 0 Å². The van der Waals surface area contributed by atoms with Gasteiger partial charge in [-0.15, -0.1) is 0 Å². The van der Waals surface area contributed by atoms with Crippen LogP contribution in [0.1, 0.15) is 0 Å². The third-order valence-corrected chi connectivity index (χ3v) is 9.55. The van der Waals surface area contributed by atoms with Gasteiger partial charge in [-0.05, 0) is 79.8 Å². The summed E-state index contributed by atoms with van der Waals surface area (Å²) in [5.74, 6) is 3.29. The second-order valence-electron chi connectivity index (χ2n) is 12.5. The summed E-state index contributed by atoms with van der Waals surface area (Å²) in [5, 5.41) is 7.30. The Morgan fingerprint density at radius 1 is 0.320 bits per heavy atom. The normalized spacial score (nSPS) is 11.9. The molecule has 0 spiro atoms. The van der Waals surface area contributed by atoms with E-state index in [2.05, 4.69) is 115 Å². The Morgan fingerprint density at radius 2 is 0.840 bits per heavy atom. The molecule has 0 aliphatic carbocycles. The molecule has 1 aliphatic rings. The quantitative estimate of drug-likeness (QED) is 0.180. The van der Waals surface area contributed by atoms with Crippen molar-refractivity contribution in [2.45, 2.75) is 0 Å². The van der Waals surface area contributed by atoms with Crippen molar-refractivity contribution in [2.75, 3.05) is 0 Å². The molecule has 0 bridgehead atoms. The highest BCUT2D eigenvalue weighted by atomic mass is 16.6. The average Bonchev–Trinajstić information content (AvgIpc) is 3.20. The third kappa shape index (κ3) is 4.69. The zero-order valence-electron chi connectivity index (χ0n) is 26.9. The van der Waals surface area contributed by atoms with Gasteiger partial charge in [0, 0.05) is 16.7 Å². The molecule has 0 N–H and O–H groups in total. The van der Waals surface area contributed by atoms with Gasteiger partial charge >= 0.3 is 0 Å². The lowest BCUT2D eigenvalue weighted by molar-refractivity contribution is 0.360. The Morgan fingerprint density at radius 3 is 1.56 bits per heavy atom. The molecule has 0 fully saturated rings. The van der Waals surface area contributed by atoms with E-state index in [1.165, 1.54) is 37.9 Å². The van der Waals surface area contributed by atoms with Crippen molar-refractivity contribution in [3.63, 3.8) is 0 Å². The van der Waals surface area contributed by atoms with Crippen molar-refractivity contribution in [3.05, 3.63) is 170 Å². The number of nitrogens with zero attached hydrogens (tertiary/aromatic N) is 2. The Balaban J connectivity index is 1.17. The van der Waals surface area contributed by atoms with Crippen LogP contribution >= 0.6 is 0 Å². The van der Waals surface area contributed by atoms with Crippen molar-refractivity contribution in [3.8, 4) is 68.0 Å². The lowest BCUT2D eigenvalue weighted by Gasteiger charge is -2.22. The van der Waals surface area contributed by atoms with Crippen molar-refractivity contribution in [1.82, 2.24) is 9.97 Å². The van der Waals surface area contributed by atoms with E-state index in [9.17, 15) is 0 Å². The van der Waals surface area contributed by atoms with Crippen LogP contribution in [-0.2, 0) is 0 Å². The van der Waals surface area contributed by atoms with Gasteiger partial charge < -0.3 is 9.47 Å². The largest absolute Gasteiger partial charge is 0.449 e. The van der Waals surface area contributed by atoms with Gasteiger partial charge in [-0.1, -0.05) is 133 Å². The summed E-state index contributed by atoms with van der Waals surface area (Å²) < 4.78 is 12.8. The SMILES string of the molecule is c1ccc(-c2ccc(-c3cc(-c4cccc5c4Oc4ccccc4O5)nc(-c4ccc5c6ccccc6c6ccccc6c5c4)n3)cc2)cc1. The molecule has 4 nitrogen and oxygen atoms in total. The molecule has 1 aromatic heterocycles. The molecule has 0 unspecified atom stereocenters. The van der Waals surface area contributed by atoms with Crippen molar-refractivity contribution >= 4 is 32.3 Å². The highest BCUT2D eigenvalue weighted by molar-refractivity contribution is 6.25. The molecule has 0 saturated carbocycles. The molecule has 1 aliphatic heterocycles. The van der Waals surface area contributed by atoms with Crippen LogP contribution in [-0.4, -0.2) is 9.97 Å². The van der Waals surface area contributed by atoms with Crippen LogP contribution in [0.15, 0.2) is 170 Å². The molecule has 4 heteroatoms. The Kier molecular flexibility index (Phi) is 6.46. The van der Waals surface area contributed by atoms with Gasteiger partial charge in [0.15, 0.2) is 28.8 Å². The fourth-order valence-electron chi connectivity index (χ4n) is 7.12. The molecular weight excluding hydrogens is 613 g/mol.